The maximum atomic E-state index is 8.52. The molecule has 0 aromatic carbocycles. The minimum atomic E-state index is -5.17. The molecule has 0 atom stereocenters. The molecule has 0 fully saturated rings. The van der Waals surface area contributed by atoms with E-state index in [0.29, 0.717) is 0 Å². The van der Waals surface area contributed by atoms with Gasteiger partial charge in [-0.2, -0.15) is 0 Å². The third-order valence-corrected chi connectivity index (χ3v) is 0. The van der Waals surface area contributed by atoms with Crippen molar-refractivity contribution in [3.8, 4) is 0 Å². The van der Waals surface area contributed by atoms with Crippen molar-refractivity contribution in [2.45, 2.75) is 0 Å². The maximum Gasteiger partial charge on any atom is 0.0311 e. The third kappa shape index (κ3) is 7450. The van der Waals surface area contributed by atoms with Gasteiger partial charge < -0.3 is 34.6 Å². The number of hydrogen-bond acceptors (Lipinski definition) is 8. The largest absolute Gasteiger partial charge is 0.759 e. The molecule has 0 radical (unpaired) electrons. The lowest BCUT2D eigenvalue weighted by molar-refractivity contribution is 0.350. The predicted octanol–water partition coefficient (Wildman–Crippen LogP) is -5.15. The van der Waals surface area contributed by atoms with Crippen LogP contribution in [0.3, 0.4) is 0 Å². The molecule has 0 heterocycles. The highest BCUT2D eigenvalue weighted by Crippen LogP contribution is 1.58. The molecule has 0 aliphatic carbocycles. The van der Waals surface area contributed by atoms with E-state index in [1.807, 2.05) is 0 Å². The predicted molar refractivity (Wildman–Crippen MR) is 31.8 cm³/mol. The van der Waals surface area contributed by atoms with Crippen molar-refractivity contribution >= 4 is 20.8 Å². The molecule has 0 aliphatic heterocycles. The van der Waals surface area contributed by atoms with Crippen LogP contribution in [0, 0.1) is 0 Å². The van der Waals surface area contributed by atoms with Crippen molar-refractivity contribution in [1.82, 2.24) is 0 Å². The summed E-state index contributed by atoms with van der Waals surface area (Å²) in [4.78, 5) is 0. The molecular formula is H6O11S2-4. The van der Waals surface area contributed by atoms with Crippen molar-refractivity contribution in [2.75, 3.05) is 0 Å². The Morgan fingerprint density at radius 3 is 0.538 bits per heavy atom. The Labute approximate surface area is 73.1 Å². The second-order valence-corrected chi connectivity index (χ2v) is 2.45. The summed E-state index contributed by atoms with van der Waals surface area (Å²) in [6.45, 7) is 0. The van der Waals surface area contributed by atoms with Gasteiger partial charge in [-0.05, 0) is 0 Å². The Balaban J connectivity index is -0.0000000267. The van der Waals surface area contributed by atoms with Gasteiger partial charge in [-0.25, -0.2) is 0 Å². The third-order valence-electron chi connectivity index (χ3n) is 0. The lowest BCUT2D eigenvalue weighted by Crippen LogP contribution is -1.91. The van der Waals surface area contributed by atoms with Gasteiger partial charge in [0.05, 0.1) is 0 Å². The lowest BCUT2D eigenvalue weighted by Gasteiger charge is -2.06. The number of hydrogen-bond donors (Lipinski definition) is 0. The molecule has 0 saturated heterocycles. The molecule has 0 aromatic rings. The van der Waals surface area contributed by atoms with Crippen LogP contribution in [0.1, 0.15) is 0 Å². The Morgan fingerprint density at radius 2 is 0.538 bits per heavy atom. The Kier molecular flexibility index (Phi) is 21.9. The SMILES string of the molecule is O.O.O.O=S(=O)([O-])[O-].O=S(=O)([O-])[O-]. The highest BCUT2D eigenvalue weighted by molar-refractivity contribution is 7.79. The fourth-order valence-electron chi connectivity index (χ4n) is 0. The summed E-state index contributed by atoms with van der Waals surface area (Å²) >= 11 is 0. The molecule has 13 heteroatoms. The van der Waals surface area contributed by atoms with E-state index >= 15 is 0 Å². The molecule has 0 spiro atoms. The second kappa shape index (κ2) is 9.71. The minimum absolute atomic E-state index is 0. The molecule has 6 N–H and O–H groups in total. The first-order chi connectivity index (χ1) is 4.00. The first-order valence-corrected chi connectivity index (χ1v) is 4.00. The van der Waals surface area contributed by atoms with E-state index in [4.69, 9.17) is 35.0 Å². The zero-order valence-corrected chi connectivity index (χ0v) is 7.22. The first kappa shape index (κ1) is 29.3. The van der Waals surface area contributed by atoms with Crippen molar-refractivity contribution in [2.24, 2.45) is 0 Å². The average molecular weight is 246 g/mol. The van der Waals surface area contributed by atoms with Crippen LogP contribution in [0.2, 0.25) is 0 Å². The fraction of sp³-hybridized carbons (Fsp3) is 0. The van der Waals surface area contributed by atoms with Crippen LogP contribution in [-0.2, 0) is 20.8 Å². The van der Waals surface area contributed by atoms with Gasteiger partial charge in [-0.15, -0.1) is 0 Å². The van der Waals surface area contributed by atoms with Crippen LogP contribution >= 0.6 is 0 Å². The summed E-state index contributed by atoms with van der Waals surface area (Å²) in [6, 6.07) is 0. The standard InChI is InChI=1S/2H2O4S.3H2O/c2*1-5(2,3)4;;;/h2*(H2,1,2,3,4);3*1H2/p-4. The maximum absolute atomic E-state index is 8.52. The molecule has 11 nitrogen and oxygen atoms in total. The quantitative estimate of drug-likeness (QED) is 0.293. The van der Waals surface area contributed by atoms with Crippen molar-refractivity contribution < 1.29 is 51.5 Å². The van der Waals surface area contributed by atoms with Crippen LogP contribution < -0.4 is 0 Å². The molecule has 0 saturated carbocycles. The molecule has 0 rings (SSSR count). The zero-order valence-electron chi connectivity index (χ0n) is 5.58. The Morgan fingerprint density at radius 1 is 0.538 bits per heavy atom. The molecule has 0 bridgehead atoms. The van der Waals surface area contributed by atoms with Gasteiger partial charge in [0, 0.05) is 20.8 Å². The summed E-state index contributed by atoms with van der Waals surface area (Å²) in [7, 11) is -10.3. The smallest absolute Gasteiger partial charge is 0.0311 e. The van der Waals surface area contributed by atoms with Crippen LogP contribution in [-0.4, -0.2) is 51.5 Å². The van der Waals surface area contributed by atoms with E-state index in [1.54, 1.807) is 0 Å². The molecule has 0 aromatic heterocycles. The van der Waals surface area contributed by atoms with Gasteiger partial charge in [0.15, 0.2) is 0 Å². The monoisotopic (exact) mass is 246 g/mol. The Hall–Kier alpha value is -0.380. The summed E-state index contributed by atoms with van der Waals surface area (Å²) in [5, 5.41) is 0. The van der Waals surface area contributed by atoms with E-state index in [1.165, 1.54) is 0 Å². The fourth-order valence-corrected chi connectivity index (χ4v) is 0. The van der Waals surface area contributed by atoms with Gasteiger partial charge in [0.2, 0.25) is 0 Å². The van der Waals surface area contributed by atoms with E-state index in [2.05, 4.69) is 0 Å². The van der Waals surface area contributed by atoms with Crippen LogP contribution in [0.4, 0.5) is 0 Å². The van der Waals surface area contributed by atoms with Gasteiger partial charge >= 0.3 is 0 Å². The van der Waals surface area contributed by atoms with Gasteiger partial charge in [0.25, 0.3) is 0 Å². The molecular weight excluding hydrogens is 240 g/mol. The summed E-state index contributed by atoms with van der Waals surface area (Å²) in [6.07, 6.45) is 0. The minimum Gasteiger partial charge on any atom is -0.759 e. The van der Waals surface area contributed by atoms with Crippen molar-refractivity contribution in [1.29, 1.82) is 0 Å². The van der Waals surface area contributed by atoms with Crippen molar-refractivity contribution in [3.05, 3.63) is 0 Å². The average Bonchev–Trinajstić information content (AvgIpc) is 1.12. The highest BCUT2D eigenvalue weighted by atomic mass is 32.3. The van der Waals surface area contributed by atoms with E-state index in [0.717, 1.165) is 0 Å². The summed E-state index contributed by atoms with van der Waals surface area (Å²) < 4.78 is 68.2. The van der Waals surface area contributed by atoms with Gasteiger partial charge in [-0.3, -0.25) is 16.8 Å². The topological polar surface area (TPSA) is 255 Å². The van der Waals surface area contributed by atoms with Crippen LogP contribution in [0.5, 0.6) is 0 Å². The Bertz CT molecular complexity index is 204. The van der Waals surface area contributed by atoms with E-state index in [9.17, 15) is 0 Å². The van der Waals surface area contributed by atoms with Crippen LogP contribution in [0.15, 0.2) is 0 Å². The van der Waals surface area contributed by atoms with Crippen molar-refractivity contribution in [3.63, 3.8) is 0 Å². The second-order valence-electron chi connectivity index (χ2n) is 0.816. The number of rotatable bonds is 0. The van der Waals surface area contributed by atoms with Crippen LogP contribution in [0.25, 0.3) is 0 Å². The van der Waals surface area contributed by atoms with Gasteiger partial charge in [-0.1, -0.05) is 0 Å². The lowest BCUT2D eigenvalue weighted by atomic mass is 15.8. The molecule has 0 aliphatic rings. The molecule has 0 unspecified atom stereocenters. The van der Waals surface area contributed by atoms with E-state index < -0.39 is 20.8 Å². The van der Waals surface area contributed by atoms with E-state index in [-0.39, 0.29) is 16.4 Å². The molecule has 13 heavy (non-hydrogen) atoms. The summed E-state index contributed by atoms with van der Waals surface area (Å²) in [5.74, 6) is 0. The molecule has 88 valence electrons. The van der Waals surface area contributed by atoms with Gasteiger partial charge in [0.1, 0.15) is 0 Å². The zero-order chi connectivity index (χ0) is 9.00. The highest BCUT2D eigenvalue weighted by Gasteiger charge is 1.50. The normalized spacial score (nSPS) is 8.92. The summed E-state index contributed by atoms with van der Waals surface area (Å²) in [5.41, 5.74) is 0. The molecule has 0 amide bonds. The first-order valence-electron chi connectivity index (χ1n) is 1.33.